The Morgan fingerprint density at radius 3 is 2.88 bits per heavy atom. The summed E-state index contributed by atoms with van der Waals surface area (Å²) in [5.74, 6) is 1.18. The van der Waals surface area contributed by atoms with Gasteiger partial charge in [-0.3, -0.25) is 0 Å². The van der Waals surface area contributed by atoms with Crippen molar-refractivity contribution < 1.29 is 0 Å². The Morgan fingerprint density at radius 1 is 1.35 bits per heavy atom. The number of benzene rings is 1. The fraction of sp³-hybridized carbons (Fsp3) is 0.167. The van der Waals surface area contributed by atoms with Gasteiger partial charge in [0.15, 0.2) is 0 Å². The molecule has 0 unspecified atom stereocenters. The van der Waals surface area contributed by atoms with Crippen LogP contribution in [0, 0.1) is 6.92 Å². The number of aromatic nitrogens is 2. The lowest BCUT2D eigenvalue weighted by Crippen LogP contribution is -2.06. The molecule has 1 aromatic heterocycles. The number of hydrogen-bond donors (Lipinski definition) is 2. The van der Waals surface area contributed by atoms with Crippen molar-refractivity contribution in [1.82, 2.24) is 9.97 Å². The van der Waals surface area contributed by atoms with Gasteiger partial charge < -0.3 is 11.1 Å². The van der Waals surface area contributed by atoms with Crippen LogP contribution in [-0.4, -0.2) is 9.97 Å². The van der Waals surface area contributed by atoms with Crippen LogP contribution in [0.4, 0.5) is 11.5 Å². The lowest BCUT2D eigenvalue weighted by atomic mass is 10.2. The lowest BCUT2D eigenvalue weighted by Gasteiger charge is -2.09. The number of nitrogens with two attached hydrogens (primary N) is 1. The Labute approximate surface area is 108 Å². The van der Waals surface area contributed by atoms with Crippen LogP contribution >= 0.6 is 15.9 Å². The Balaban J connectivity index is 2.07. The van der Waals surface area contributed by atoms with Crippen LogP contribution in [0.5, 0.6) is 0 Å². The van der Waals surface area contributed by atoms with Gasteiger partial charge in [0.25, 0.3) is 0 Å². The Bertz CT molecular complexity index is 528. The molecule has 0 saturated carbocycles. The van der Waals surface area contributed by atoms with Gasteiger partial charge in [-0.2, -0.15) is 0 Å². The smallest absolute Gasteiger partial charge is 0.149 e. The monoisotopic (exact) mass is 292 g/mol. The number of rotatable bonds is 3. The van der Waals surface area contributed by atoms with Gasteiger partial charge in [0.05, 0.1) is 6.54 Å². The Hall–Kier alpha value is -1.62. The molecule has 4 nitrogen and oxygen atoms in total. The van der Waals surface area contributed by atoms with E-state index in [1.54, 1.807) is 12.3 Å². The van der Waals surface area contributed by atoms with E-state index in [1.807, 2.05) is 19.1 Å². The summed E-state index contributed by atoms with van der Waals surface area (Å²) in [6.07, 6.45) is 1.66. The fourth-order valence-electron chi connectivity index (χ4n) is 1.50. The highest BCUT2D eigenvalue weighted by molar-refractivity contribution is 9.10. The average molecular weight is 293 g/mol. The van der Waals surface area contributed by atoms with Gasteiger partial charge in [-0.15, -0.1) is 0 Å². The normalized spacial score (nSPS) is 10.2. The molecule has 0 atom stereocenters. The number of aryl methyl sites for hydroxylation is 1. The van der Waals surface area contributed by atoms with Crippen molar-refractivity contribution in [3.8, 4) is 0 Å². The second-order valence-corrected chi connectivity index (χ2v) is 4.63. The van der Waals surface area contributed by atoms with Crippen LogP contribution in [0.15, 0.2) is 34.9 Å². The summed E-state index contributed by atoms with van der Waals surface area (Å²) in [6.45, 7) is 2.61. The van der Waals surface area contributed by atoms with Gasteiger partial charge in [-0.1, -0.05) is 15.9 Å². The second-order valence-electron chi connectivity index (χ2n) is 3.71. The van der Waals surface area contributed by atoms with Gasteiger partial charge >= 0.3 is 0 Å². The summed E-state index contributed by atoms with van der Waals surface area (Å²) in [5, 5.41) is 3.28. The maximum Gasteiger partial charge on any atom is 0.149 e. The van der Waals surface area contributed by atoms with Crippen LogP contribution in [0.2, 0.25) is 0 Å². The fourth-order valence-corrected chi connectivity index (χ4v) is 1.98. The number of nitrogens with one attached hydrogen (secondary N) is 1. The van der Waals surface area contributed by atoms with E-state index < -0.39 is 0 Å². The molecule has 17 heavy (non-hydrogen) atoms. The first-order chi connectivity index (χ1) is 8.15. The molecule has 0 bridgehead atoms. The molecule has 0 aliphatic rings. The first-order valence-corrected chi connectivity index (χ1v) is 6.02. The molecule has 0 fully saturated rings. The molecule has 0 spiro atoms. The molecule has 3 N–H and O–H groups in total. The molecular weight excluding hydrogens is 280 g/mol. The van der Waals surface area contributed by atoms with E-state index in [2.05, 4.69) is 37.3 Å². The number of anilines is 2. The molecule has 2 rings (SSSR count). The summed E-state index contributed by atoms with van der Waals surface area (Å²) in [5.41, 5.74) is 7.83. The molecule has 0 aliphatic heterocycles. The minimum Gasteiger partial charge on any atom is -0.384 e. The van der Waals surface area contributed by atoms with Crippen LogP contribution < -0.4 is 11.1 Å². The zero-order valence-corrected chi connectivity index (χ0v) is 11.0. The number of nitrogens with zero attached hydrogens (tertiary/aromatic N) is 2. The minimum absolute atomic E-state index is 0.490. The van der Waals surface area contributed by atoms with Crippen LogP contribution in [0.3, 0.4) is 0 Å². The number of nitrogen functional groups attached to an aromatic ring is 1. The van der Waals surface area contributed by atoms with E-state index in [4.69, 9.17) is 5.73 Å². The second kappa shape index (κ2) is 5.14. The Kier molecular flexibility index (Phi) is 3.58. The van der Waals surface area contributed by atoms with Crippen molar-refractivity contribution in [1.29, 1.82) is 0 Å². The highest BCUT2D eigenvalue weighted by Gasteiger charge is 2.00. The summed E-state index contributed by atoms with van der Waals surface area (Å²) < 4.78 is 1.07. The number of halogens is 1. The maximum absolute atomic E-state index is 5.59. The van der Waals surface area contributed by atoms with E-state index in [9.17, 15) is 0 Å². The standard InChI is InChI=1S/C12H13BrN4/c1-8-6-9(13)2-3-10(8)16-7-12-15-5-4-11(14)17-12/h2-6,16H,7H2,1H3,(H2,14,15,17). The first-order valence-electron chi connectivity index (χ1n) is 5.22. The van der Waals surface area contributed by atoms with E-state index in [0.717, 1.165) is 10.2 Å². The van der Waals surface area contributed by atoms with E-state index >= 15 is 0 Å². The van der Waals surface area contributed by atoms with Crippen LogP contribution in [0.1, 0.15) is 11.4 Å². The predicted octanol–water partition coefficient (Wildman–Crippen LogP) is 2.74. The molecule has 1 aromatic carbocycles. The molecule has 1 heterocycles. The Morgan fingerprint density at radius 2 is 2.18 bits per heavy atom. The van der Waals surface area contributed by atoms with Gasteiger partial charge in [-0.25, -0.2) is 9.97 Å². The highest BCUT2D eigenvalue weighted by atomic mass is 79.9. The predicted molar refractivity (Wildman–Crippen MR) is 72.7 cm³/mol. The third kappa shape index (κ3) is 3.17. The third-order valence-corrected chi connectivity index (χ3v) is 2.85. The average Bonchev–Trinajstić information content (AvgIpc) is 2.28. The highest BCUT2D eigenvalue weighted by Crippen LogP contribution is 2.20. The summed E-state index contributed by atoms with van der Waals surface area (Å²) in [4.78, 5) is 8.27. The lowest BCUT2D eigenvalue weighted by molar-refractivity contribution is 0.952. The van der Waals surface area contributed by atoms with E-state index in [-0.39, 0.29) is 0 Å². The van der Waals surface area contributed by atoms with Gasteiger partial charge in [-0.05, 0) is 36.8 Å². The van der Waals surface area contributed by atoms with Crippen molar-refractivity contribution in [2.24, 2.45) is 0 Å². The van der Waals surface area contributed by atoms with E-state index in [1.165, 1.54) is 5.56 Å². The van der Waals surface area contributed by atoms with Crippen molar-refractivity contribution in [2.75, 3.05) is 11.1 Å². The maximum atomic E-state index is 5.59. The minimum atomic E-state index is 0.490. The SMILES string of the molecule is Cc1cc(Br)ccc1NCc1nccc(N)n1. The quantitative estimate of drug-likeness (QED) is 0.913. The molecule has 0 saturated heterocycles. The molecular formula is C12H13BrN4. The molecule has 0 radical (unpaired) electrons. The molecule has 0 amide bonds. The number of hydrogen-bond acceptors (Lipinski definition) is 4. The zero-order chi connectivity index (χ0) is 12.3. The topological polar surface area (TPSA) is 63.8 Å². The molecule has 2 aromatic rings. The first kappa shape index (κ1) is 11.9. The molecule has 0 aliphatic carbocycles. The summed E-state index contributed by atoms with van der Waals surface area (Å²) >= 11 is 3.43. The molecule has 88 valence electrons. The summed E-state index contributed by atoms with van der Waals surface area (Å²) in [7, 11) is 0. The largest absolute Gasteiger partial charge is 0.384 e. The van der Waals surface area contributed by atoms with Gasteiger partial charge in [0, 0.05) is 16.4 Å². The van der Waals surface area contributed by atoms with Gasteiger partial charge in [0.1, 0.15) is 11.6 Å². The van der Waals surface area contributed by atoms with Crippen LogP contribution in [0.25, 0.3) is 0 Å². The van der Waals surface area contributed by atoms with Crippen molar-refractivity contribution in [2.45, 2.75) is 13.5 Å². The third-order valence-electron chi connectivity index (χ3n) is 2.35. The van der Waals surface area contributed by atoms with Gasteiger partial charge in [0.2, 0.25) is 0 Å². The van der Waals surface area contributed by atoms with Crippen molar-refractivity contribution in [3.63, 3.8) is 0 Å². The van der Waals surface area contributed by atoms with E-state index in [0.29, 0.717) is 18.2 Å². The van der Waals surface area contributed by atoms with Crippen molar-refractivity contribution in [3.05, 3.63) is 46.3 Å². The summed E-state index contributed by atoms with van der Waals surface area (Å²) in [6, 6.07) is 7.75. The van der Waals surface area contributed by atoms with Crippen molar-refractivity contribution >= 4 is 27.4 Å². The van der Waals surface area contributed by atoms with Crippen LogP contribution in [-0.2, 0) is 6.54 Å². The molecule has 5 heteroatoms. The zero-order valence-electron chi connectivity index (χ0n) is 9.44.